The van der Waals surface area contributed by atoms with Crippen LogP contribution in [0.15, 0.2) is 24.5 Å². The topological polar surface area (TPSA) is 109 Å². The van der Waals surface area contributed by atoms with Crippen molar-refractivity contribution < 1.29 is 9.84 Å². The SMILES string of the molecule is CC1CCC(Cn2c(N[C@@H]3COC[C@H]3O)nc3cc(C#N)nc(-c4cncc(Cl)c4)c32)CC1. The second-order valence-electron chi connectivity index (χ2n) is 9.26. The van der Waals surface area contributed by atoms with Crippen molar-refractivity contribution in [2.45, 2.75) is 51.3 Å². The lowest BCUT2D eigenvalue weighted by Crippen LogP contribution is -2.33. The molecule has 1 aliphatic heterocycles. The van der Waals surface area contributed by atoms with Crippen LogP contribution in [0.25, 0.3) is 22.3 Å². The highest BCUT2D eigenvalue weighted by molar-refractivity contribution is 6.30. The van der Waals surface area contributed by atoms with Gasteiger partial charge >= 0.3 is 0 Å². The standard InChI is InChI=1S/C24H27ClN6O2/c1-14-2-4-15(5-3-14)11-31-23-19(29-24(31)30-20-12-33-13-21(20)32)7-18(8-26)28-22(23)16-6-17(25)10-27-9-16/h6-7,9-10,14-15,20-21,32H,2-5,11-13H2,1H3,(H,29,30)/t14?,15?,20-,21-/m1/s1. The Morgan fingerprint density at radius 2 is 2.03 bits per heavy atom. The minimum Gasteiger partial charge on any atom is -0.388 e. The van der Waals surface area contributed by atoms with Crippen LogP contribution in [0.1, 0.15) is 38.3 Å². The number of aliphatic hydroxyl groups is 1. The Bertz CT molecular complexity index is 1200. The molecule has 0 amide bonds. The maximum absolute atomic E-state index is 10.3. The Morgan fingerprint density at radius 1 is 1.21 bits per heavy atom. The summed E-state index contributed by atoms with van der Waals surface area (Å²) in [5.41, 5.74) is 3.17. The number of aliphatic hydroxyl groups excluding tert-OH is 1. The lowest BCUT2D eigenvalue weighted by Gasteiger charge is -2.27. The van der Waals surface area contributed by atoms with Crippen molar-refractivity contribution in [3.63, 3.8) is 0 Å². The molecule has 0 unspecified atom stereocenters. The van der Waals surface area contributed by atoms with Crippen LogP contribution in [0, 0.1) is 23.2 Å². The van der Waals surface area contributed by atoms with E-state index in [0.29, 0.717) is 41.3 Å². The smallest absolute Gasteiger partial charge is 0.204 e. The molecule has 1 aliphatic carbocycles. The summed E-state index contributed by atoms with van der Waals surface area (Å²) in [4.78, 5) is 13.7. The summed E-state index contributed by atoms with van der Waals surface area (Å²) in [7, 11) is 0. The van der Waals surface area contributed by atoms with Crippen molar-refractivity contribution >= 4 is 28.6 Å². The van der Waals surface area contributed by atoms with E-state index in [-0.39, 0.29) is 11.7 Å². The highest BCUT2D eigenvalue weighted by atomic mass is 35.5. The molecule has 0 aromatic carbocycles. The number of fused-ring (bicyclic) bond motifs is 1. The summed E-state index contributed by atoms with van der Waals surface area (Å²) in [6.07, 6.45) is 7.44. The Hall–Kier alpha value is -2.73. The van der Waals surface area contributed by atoms with E-state index in [2.05, 4.69) is 32.8 Å². The summed E-state index contributed by atoms with van der Waals surface area (Å²) >= 11 is 6.23. The van der Waals surface area contributed by atoms with Crippen LogP contribution in [0.4, 0.5) is 5.95 Å². The number of ether oxygens (including phenoxy) is 1. The van der Waals surface area contributed by atoms with Gasteiger partial charge in [0.05, 0.1) is 47.1 Å². The van der Waals surface area contributed by atoms with Crippen molar-refractivity contribution in [3.05, 3.63) is 35.2 Å². The molecule has 1 saturated carbocycles. The van der Waals surface area contributed by atoms with Gasteiger partial charge in [0.2, 0.25) is 5.95 Å². The third kappa shape index (κ3) is 4.54. The fourth-order valence-corrected chi connectivity index (χ4v) is 5.03. The van der Waals surface area contributed by atoms with Crippen LogP contribution in [-0.4, -0.2) is 50.0 Å². The van der Waals surface area contributed by atoms with Crippen molar-refractivity contribution in [3.8, 4) is 17.3 Å². The quantitative estimate of drug-likeness (QED) is 0.584. The van der Waals surface area contributed by atoms with E-state index in [1.54, 1.807) is 24.5 Å². The molecule has 1 saturated heterocycles. The summed E-state index contributed by atoms with van der Waals surface area (Å²) in [6.45, 7) is 3.81. The largest absolute Gasteiger partial charge is 0.388 e. The van der Waals surface area contributed by atoms with Gasteiger partial charge in [-0.15, -0.1) is 0 Å². The molecule has 2 atom stereocenters. The van der Waals surface area contributed by atoms with Crippen LogP contribution in [0.3, 0.4) is 0 Å². The second-order valence-corrected chi connectivity index (χ2v) is 9.69. The first-order valence-corrected chi connectivity index (χ1v) is 11.8. The Labute approximate surface area is 197 Å². The molecule has 0 radical (unpaired) electrons. The average Bonchev–Trinajstić information content (AvgIpc) is 3.37. The third-order valence-corrected chi connectivity index (χ3v) is 6.97. The van der Waals surface area contributed by atoms with Crippen molar-refractivity contribution in [2.24, 2.45) is 11.8 Å². The number of nitrogens with one attached hydrogen (secondary N) is 1. The lowest BCUT2D eigenvalue weighted by atomic mass is 9.83. The van der Waals surface area contributed by atoms with Gasteiger partial charge in [0.25, 0.3) is 0 Å². The van der Waals surface area contributed by atoms with Crippen LogP contribution in [0.5, 0.6) is 0 Å². The first-order valence-electron chi connectivity index (χ1n) is 11.5. The molecular formula is C24H27ClN6O2. The molecular weight excluding hydrogens is 440 g/mol. The molecule has 2 aliphatic rings. The monoisotopic (exact) mass is 466 g/mol. The van der Waals surface area contributed by atoms with Crippen LogP contribution in [-0.2, 0) is 11.3 Å². The molecule has 5 rings (SSSR count). The molecule has 4 heterocycles. The van der Waals surface area contributed by atoms with E-state index in [1.807, 2.05) is 0 Å². The van der Waals surface area contributed by atoms with Gasteiger partial charge in [-0.25, -0.2) is 9.97 Å². The molecule has 9 heteroatoms. The van der Waals surface area contributed by atoms with Gasteiger partial charge in [0.1, 0.15) is 11.8 Å². The summed E-state index contributed by atoms with van der Waals surface area (Å²) in [6, 6.07) is 5.42. The highest BCUT2D eigenvalue weighted by Crippen LogP contribution is 2.35. The third-order valence-electron chi connectivity index (χ3n) is 6.76. The Kier molecular flexibility index (Phi) is 6.19. The number of hydrogen-bond donors (Lipinski definition) is 2. The number of anilines is 1. The van der Waals surface area contributed by atoms with Gasteiger partial charge in [-0.05, 0) is 30.7 Å². The number of halogens is 1. The molecule has 2 N–H and O–H groups in total. The number of nitrogens with zero attached hydrogens (tertiary/aromatic N) is 5. The van der Waals surface area contributed by atoms with Gasteiger partial charge in [0, 0.05) is 30.6 Å². The number of rotatable bonds is 5. The van der Waals surface area contributed by atoms with Crippen LogP contribution >= 0.6 is 11.6 Å². The minimum absolute atomic E-state index is 0.244. The Morgan fingerprint density at radius 3 is 2.73 bits per heavy atom. The van der Waals surface area contributed by atoms with Crippen LogP contribution < -0.4 is 5.32 Å². The number of aromatic nitrogens is 4. The number of hydrogen-bond acceptors (Lipinski definition) is 7. The zero-order valence-corrected chi connectivity index (χ0v) is 19.3. The summed E-state index contributed by atoms with van der Waals surface area (Å²) < 4.78 is 7.59. The van der Waals surface area contributed by atoms with E-state index in [1.165, 1.54) is 12.8 Å². The fraction of sp³-hybridized carbons (Fsp3) is 0.500. The summed E-state index contributed by atoms with van der Waals surface area (Å²) in [5, 5.41) is 23.8. The summed E-state index contributed by atoms with van der Waals surface area (Å²) in [5.74, 6) is 1.94. The molecule has 33 heavy (non-hydrogen) atoms. The minimum atomic E-state index is -0.599. The molecule has 8 nitrogen and oxygen atoms in total. The van der Waals surface area contributed by atoms with E-state index < -0.39 is 6.10 Å². The predicted molar refractivity (Wildman–Crippen MR) is 126 cm³/mol. The Balaban J connectivity index is 1.65. The zero-order valence-electron chi connectivity index (χ0n) is 18.5. The van der Waals surface area contributed by atoms with Gasteiger partial charge in [0.15, 0.2) is 0 Å². The van der Waals surface area contributed by atoms with E-state index in [4.69, 9.17) is 21.3 Å². The van der Waals surface area contributed by atoms with E-state index in [0.717, 1.165) is 36.4 Å². The number of pyridine rings is 2. The van der Waals surface area contributed by atoms with Gasteiger partial charge < -0.3 is 19.7 Å². The lowest BCUT2D eigenvalue weighted by molar-refractivity contribution is 0.125. The van der Waals surface area contributed by atoms with E-state index in [9.17, 15) is 10.4 Å². The molecule has 172 valence electrons. The molecule has 2 fully saturated rings. The highest BCUT2D eigenvalue weighted by Gasteiger charge is 2.29. The maximum atomic E-state index is 10.3. The van der Waals surface area contributed by atoms with Crippen molar-refractivity contribution in [1.82, 2.24) is 19.5 Å². The predicted octanol–water partition coefficient (Wildman–Crippen LogP) is 4.02. The number of imidazole rings is 1. The molecule has 3 aromatic heterocycles. The van der Waals surface area contributed by atoms with Gasteiger partial charge in [-0.2, -0.15) is 5.26 Å². The maximum Gasteiger partial charge on any atom is 0.204 e. The second kappa shape index (κ2) is 9.26. The van der Waals surface area contributed by atoms with Crippen LogP contribution in [0.2, 0.25) is 5.02 Å². The number of nitriles is 1. The molecule has 0 spiro atoms. The van der Waals surface area contributed by atoms with Crippen molar-refractivity contribution in [1.29, 1.82) is 5.26 Å². The molecule has 3 aromatic rings. The van der Waals surface area contributed by atoms with Gasteiger partial charge in [-0.3, -0.25) is 4.98 Å². The zero-order chi connectivity index (χ0) is 22.9. The first kappa shape index (κ1) is 22.1. The molecule has 0 bridgehead atoms. The van der Waals surface area contributed by atoms with Crippen molar-refractivity contribution in [2.75, 3.05) is 18.5 Å². The average molecular weight is 467 g/mol. The first-order chi connectivity index (χ1) is 16.0. The fourth-order valence-electron chi connectivity index (χ4n) is 4.86. The van der Waals surface area contributed by atoms with E-state index >= 15 is 0 Å². The van der Waals surface area contributed by atoms with Gasteiger partial charge in [-0.1, -0.05) is 31.4 Å². The normalized spacial score (nSPS) is 25.3.